The second kappa shape index (κ2) is 5.11. The predicted molar refractivity (Wildman–Crippen MR) is 59.6 cm³/mol. The summed E-state index contributed by atoms with van der Waals surface area (Å²) in [6.07, 6.45) is 0. The van der Waals surface area contributed by atoms with E-state index in [0.717, 1.165) is 16.4 Å². The van der Waals surface area contributed by atoms with Crippen LogP contribution in [-0.4, -0.2) is 37.4 Å². The van der Waals surface area contributed by atoms with Crippen LogP contribution in [0.3, 0.4) is 0 Å². The van der Waals surface area contributed by atoms with Gasteiger partial charge in [0, 0.05) is 7.05 Å². The van der Waals surface area contributed by atoms with E-state index in [0.29, 0.717) is 0 Å². The highest BCUT2D eigenvalue weighted by atomic mass is 32.2. The zero-order chi connectivity index (χ0) is 13.1. The third-order valence-corrected chi connectivity index (χ3v) is 3.87. The van der Waals surface area contributed by atoms with Gasteiger partial charge in [-0.05, 0) is 12.1 Å². The van der Waals surface area contributed by atoms with Crippen LogP contribution < -0.4 is 5.73 Å². The summed E-state index contributed by atoms with van der Waals surface area (Å²) in [6, 6.07) is 4.99. The molecular weight excluding hydrogens is 249 g/mol. The minimum atomic E-state index is -3.99. The van der Waals surface area contributed by atoms with Gasteiger partial charge in [0.1, 0.15) is 10.7 Å². The van der Waals surface area contributed by atoms with Crippen LogP contribution in [-0.2, 0) is 10.0 Å². The molecule has 94 valence electrons. The molecule has 1 rings (SSSR count). The summed E-state index contributed by atoms with van der Waals surface area (Å²) in [5.74, 6) is -1.13. The molecule has 0 bridgehead atoms. The average molecular weight is 261 g/mol. The molecule has 6 nitrogen and oxygen atoms in total. The highest BCUT2D eigenvalue weighted by molar-refractivity contribution is 7.89. The van der Waals surface area contributed by atoms with Crippen LogP contribution in [0.2, 0.25) is 0 Å². The first-order valence-electron chi connectivity index (χ1n) is 4.57. The number of rotatable bonds is 4. The summed E-state index contributed by atoms with van der Waals surface area (Å²) < 4.78 is 37.9. The monoisotopic (exact) mass is 261 g/mol. The van der Waals surface area contributed by atoms with Gasteiger partial charge in [0.05, 0.1) is 6.54 Å². The lowest BCUT2D eigenvalue weighted by Crippen LogP contribution is -2.35. The first-order valence-corrected chi connectivity index (χ1v) is 6.01. The number of hydrogen-bond acceptors (Lipinski definition) is 4. The van der Waals surface area contributed by atoms with E-state index in [2.05, 4.69) is 5.16 Å². The van der Waals surface area contributed by atoms with Crippen molar-refractivity contribution in [2.24, 2.45) is 10.9 Å². The fourth-order valence-electron chi connectivity index (χ4n) is 1.17. The summed E-state index contributed by atoms with van der Waals surface area (Å²) >= 11 is 0. The number of nitrogens with zero attached hydrogens (tertiary/aromatic N) is 2. The van der Waals surface area contributed by atoms with Crippen LogP contribution in [0.15, 0.2) is 34.3 Å². The minimum Gasteiger partial charge on any atom is -0.409 e. The Morgan fingerprint density at radius 2 is 2.12 bits per heavy atom. The quantitative estimate of drug-likeness (QED) is 0.350. The molecule has 0 fully saturated rings. The summed E-state index contributed by atoms with van der Waals surface area (Å²) in [4.78, 5) is -0.451. The summed E-state index contributed by atoms with van der Waals surface area (Å²) in [5, 5.41) is 11.0. The molecule has 1 aromatic rings. The van der Waals surface area contributed by atoms with Crippen LogP contribution in [0.25, 0.3) is 0 Å². The molecule has 0 saturated heterocycles. The summed E-state index contributed by atoms with van der Waals surface area (Å²) in [6.45, 7) is -0.326. The lowest BCUT2D eigenvalue weighted by atomic mass is 10.4. The first kappa shape index (κ1) is 13.4. The van der Waals surface area contributed by atoms with Gasteiger partial charge in [0.15, 0.2) is 5.84 Å². The molecule has 1 aromatic carbocycles. The van der Waals surface area contributed by atoms with E-state index in [1.807, 2.05) is 0 Å². The third kappa shape index (κ3) is 2.92. The van der Waals surface area contributed by atoms with Crippen molar-refractivity contribution in [3.05, 3.63) is 30.1 Å². The van der Waals surface area contributed by atoms with Crippen LogP contribution in [0.1, 0.15) is 0 Å². The smallest absolute Gasteiger partial charge is 0.246 e. The van der Waals surface area contributed by atoms with Crippen molar-refractivity contribution >= 4 is 15.9 Å². The van der Waals surface area contributed by atoms with Gasteiger partial charge in [-0.25, -0.2) is 12.8 Å². The maximum Gasteiger partial charge on any atom is 0.246 e. The van der Waals surface area contributed by atoms with Gasteiger partial charge in [0.2, 0.25) is 10.0 Å². The number of amidine groups is 1. The molecule has 3 N–H and O–H groups in total. The van der Waals surface area contributed by atoms with E-state index >= 15 is 0 Å². The van der Waals surface area contributed by atoms with Gasteiger partial charge >= 0.3 is 0 Å². The molecule has 0 radical (unpaired) electrons. The number of benzene rings is 1. The van der Waals surface area contributed by atoms with E-state index in [4.69, 9.17) is 10.9 Å². The van der Waals surface area contributed by atoms with E-state index in [1.165, 1.54) is 19.2 Å². The van der Waals surface area contributed by atoms with Gasteiger partial charge in [-0.3, -0.25) is 0 Å². The number of nitrogens with two attached hydrogens (primary N) is 1. The molecule has 0 unspecified atom stereocenters. The second-order valence-electron chi connectivity index (χ2n) is 3.28. The van der Waals surface area contributed by atoms with Crippen molar-refractivity contribution in [3.8, 4) is 0 Å². The maximum atomic E-state index is 13.3. The van der Waals surface area contributed by atoms with E-state index < -0.39 is 20.7 Å². The Balaban J connectivity index is 3.08. The SMILES string of the molecule is CN(CC(N)=NO)S(=O)(=O)c1ccccc1F. The zero-order valence-corrected chi connectivity index (χ0v) is 9.85. The maximum absolute atomic E-state index is 13.3. The summed E-state index contributed by atoms with van der Waals surface area (Å²) in [7, 11) is -2.78. The van der Waals surface area contributed by atoms with E-state index in [-0.39, 0.29) is 12.4 Å². The first-order chi connectivity index (χ1) is 7.89. The molecule has 0 aliphatic heterocycles. The third-order valence-electron chi connectivity index (χ3n) is 2.04. The number of hydrogen-bond donors (Lipinski definition) is 2. The van der Waals surface area contributed by atoms with Gasteiger partial charge in [-0.15, -0.1) is 0 Å². The number of oxime groups is 1. The fourth-order valence-corrected chi connectivity index (χ4v) is 2.37. The standard InChI is InChI=1S/C9H12FN3O3S/c1-13(6-9(11)12-14)17(15,16)8-5-3-2-4-7(8)10/h2-5,14H,6H2,1H3,(H2,11,12). The van der Waals surface area contributed by atoms with Crippen molar-refractivity contribution in [1.29, 1.82) is 0 Å². The van der Waals surface area contributed by atoms with Crippen LogP contribution in [0, 0.1) is 5.82 Å². The molecular formula is C9H12FN3O3S. The Bertz CT molecular complexity index is 530. The number of sulfonamides is 1. The lowest BCUT2D eigenvalue weighted by Gasteiger charge is -2.16. The molecule has 0 aliphatic rings. The van der Waals surface area contributed by atoms with Crippen molar-refractivity contribution in [3.63, 3.8) is 0 Å². The van der Waals surface area contributed by atoms with Crippen LogP contribution in [0.5, 0.6) is 0 Å². The average Bonchev–Trinajstić information content (AvgIpc) is 2.29. The van der Waals surface area contributed by atoms with E-state index in [9.17, 15) is 12.8 Å². The zero-order valence-electron chi connectivity index (χ0n) is 9.04. The van der Waals surface area contributed by atoms with Gasteiger partial charge in [-0.2, -0.15) is 4.31 Å². The Kier molecular flexibility index (Phi) is 4.02. The van der Waals surface area contributed by atoms with Gasteiger partial charge in [-0.1, -0.05) is 17.3 Å². The normalized spacial score (nSPS) is 13.0. The molecule has 8 heteroatoms. The Labute approximate surface area is 98.2 Å². The van der Waals surface area contributed by atoms with Crippen LogP contribution in [0.4, 0.5) is 4.39 Å². The molecule has 0 amide bonds. The number of likely N-dealkylation sites (N-methyl/N-ethyl adjacent to an activating group) is 1. The van der Waals surface area contributed by atoms with Crippen molar-refractivity contribution < 1.29 is 18.0 Å². The Hall–Kier alpha value is -1.67. The molecule has 17 heavy (non-hydrogen) atoms. The topological polar surface area (TPSA) is 96.0 Å². The van der Waals surface area contributed by atoms with Gasteiger partial charge in [0.25, 0.3) is 0 Å². The highest BCUT2D eigenvalue weighted by Crippen LogP contribution is 2.17. The highest BCUT2D eigenvalue weighted by Gasteiger charge is 2.24. The fraction of sp³-hybridized carbons (Fsp3) is 0.222. The number of halogens is 1. The Morgan fingerprint density at radius 3 is 2.65 bits per heavy atom. The van der Waals surface area contributed by atoms with E-state index in [1.54, 1.807) is 0 Å². The van der Waals surface area contributed by atoms with Crippen LogP contribution >= 0.6 is 0 Å². The summed E-state index contributed by atoms with van der Waals surface area (Å²) in [5.41, 5.74) is 5.19. The lowest BCUT2D eigenvalue weighted by molar-refractivity contribution is 0.315. The van der Waals surface area contributed by atoms with Crippen molar-refractivity contribution in [2.75, 3.05) is 13.6 Å². The molecule has 0 atom stereocenters. The minimum absolute atomic E-state index is 0.285. The van der Waals surface area contributed by atoms with Gasteiger partial charge < -0.3 is 10.9 Å². The molecule has 0 saturated carbocycles. The molecule has 0 heterocycles. The molecule has 0 aliphatic carbocycles. The van der Waals surface area contributed by atoms with Crippen molar-refractivity contribution in [1.82, 2.24) is 4.31 Å². The second-order valence-corrected chi connectivity index (χ2v) is 5.30. The molecule has 0 spiro atoms. The predicted octanol–water partition coefficient (Wildman–Crippen LogP) is 0.193. The largest absolute Gasteiger partial charge is 0.409 e. The Morgan fingerprint density at radius 1 is 1.53 bits per heavy atom. The van der Waals surface area contributed by atoms with Crippen molar-refractivity contribution in [2.45, 2.75) is 4.90 Å². The molecule has 0 aromatic heterocycles.